The number of nitrogens with one attached hydrogen (secondary N) is 2. The SMILES string of the molecule is CCNC(=O)c1ccc(NCC2CCCCC2C)nn1. The van der Waals surface area contributed by atoms with E-state index >= 15 is 0 Å². The van der Waals surface area contributed by atoms with Crippen LogP contribution in [0, 0.1) is 11.8 Å². The Hall–Kier alpha value is -1.65. The fourth-order valence-electron chi connectivity index (χ4n) is 2.73. The highest BCUT2D eigenvalue weighted by atomic mass is 16.1. The minimum Gasteiger partial charge on any atom is -0.368 e. The maximum Gasteiger partial charge on any atom is 0.271 e. The maximum atomic E-state index is 11.6. The van der Waals surface area contributed by atoms with Crippen LogP contribution in [0.15, 0.2) is 12.1 Å². The molecule has 1 heterocycles. The Labute approximate surface area is 120 Å². The average Bonchev–Trinajstić information content (AvgIpc) is 2.47. The smallest absolute Gasteiger partial charge is 0.271 e. The number of anilines is 1. The molecule has 0 bridgehead atoms. The largest absolute Gasteiger partial charge is 0.368 e. The van der Waals surface area contributed by atoms with Gasteiger partial charge in [0.25, 0.3) is 5.91 Å². The molecular formula is C15H24N4O. The minimum atomic E-state index is -0.174. The molecule has 0 radical (unpaired) electrons. The van der Waals surface area contributed by atoms with Crippen molar-refractivity contribution in [2.45, 2.75) is 39.5 Å². The fraction of sp³-hybridized carbons (Fsp3) is 0.667. The van der Waals surface area contributed by atoms with Gasteiger partial charge in [0.1, 0.15) is 5.82 Å². The monoisotopic (exact) mass is 276 g/mol. The van der Waals surface area contributed by atoms with Gasteiger partial charge >= 0.3 is 0 Å². The molecule has 2 N–H and O–H groups in total. The summed E-state index contributed by atoms with van der Waals surface area (Å²) in [4.78, 5) is 11.6. The lowest BCUT2D eigenvalue weighted by Crippen LogP contribution is -2.25. The minimum absolute atomic E-state index is 0.174. The maximum absolute atomic E-state index is 11.6. The van der Waals surface area contributed by atoms with Gasteiger partial charge < -0.3 is 10.6 Å². The normalized spacial score (nSPS) is 22.3. The van der Waals surface area contributed by atoms with Crippen LogP contribution in [0.4, 0.5) is 5.82 Å². The van der Waals surface area contributed by atoms with Gasteiger partial charge in [-0.25, -0.2) is 0 Å². The lowest BCUT2D eigenvalue weighted by atomic mass is 9.80. The molecule has 5 nitrogen and oxygen atoms in total. The van der Waals surface area contributed by atoms with Crippen molar-refractivity contribution < 1.29 is 4.79 Å². The van der Waals surface area contributed by atoms with Crippen molar-refractivity contribution in [2.75, 3.05) is 18.4 Å². The zero-order valence-corrected chi connectivity index (χ0v) is 12.4. The standard InChI is InChI=1S/C15H24N4O/c1-3-16-15(20)13-8-9-14(19-18-13)17-10-12-7-5-4-6-11(12)2/h8-9,11-12H,3-7,10H2,1-2H3,(H,16,20)(H,17,19). The molecule has 1 aliphatic carbocycles. The number of carbonyl (C=O) groups excluding carboxylic acids is 1. The van der Waals surface area contributed by atoms with Gasteiger partial charge in [-0.3, -0.25) is 4.79 Å². The molecule has 110 valence electrons. The second-order valence-electron chi connectivity index (χ2n) is 5.57. The van der Waals surface area contributed by atoms with Gasteiger partial charge in [-0.2, -0.15) is 0 Å². The highest BCUT2D eigenvalue weighted by Gasteiger charge is 2.20. The molecule has 1 aliphatic rings. The highest BCUT2D eigenvalue weighted by Crippen LogP contribution is 2.29. The topological polar surface area (TPSA) is 66.9 Å². The first kappa shape index (κ1) is 14.8. The molecule has 20 heavy (non-hydrogen) atoms. The van der Waals surface area contributed by atoms with E-state index in [0.717, 1.165) is 18.3 Å². The van der Waals surface area contributed by atoms with Crippen molar-refractivity contribution in [1.82, 2.24) is 15.5 Å². The van der Waals surface area contributed by atoms with Crippen LogP contribution in [0.2, 0.25) is 0 Å². The molecule has 0 saturated heterocycles. The van der Waals surface area contributed by atoms with Crippen molar-refractivity contribution in [3.8, 4) is 0 Å². The summed E-state index contributed by atoms with van der Waals surface area (Å²) in [5.41, 5.74) is 0.364. The van der Waals surface area contributed by atoms with E-state index in [1.54, 1.807) is 6.07 Å². The first-order valence-electron chi connectivity index (χ1n) is 7.56. The van der Waals surface area contributed by atoms with Crippen LogP contribution in [0.5, 0.6) is 0 Å². The van der Waals surface area contributed by atoms with Crippen LogP contribution in [-0.2, 0) is 0 Å². The molecule has 2 atom stereocenters. The van der Waals surface area contributed by atoms with Crippen molar-refractivity contribution in [1.29, 1.82) is 0 Å². The Morgan fingerprint density at radius 1 is 1.30 bits per heavy atom. The van der Waals surface area contributed by atoms with Gasteiger partial charge in [-0.1, -0.05) is 26.2 Å². The Bertz CT molecular complexity index is 432. The van der Waals surface area contributed by atoms with E-state index in [0.29, 0.717) is 18.2 Å². The molecule has 1 aromatic heterocycles. The van der Waals surface area contributed by atoms with E-state index in [9.17, 15) is 4.79 Å². The zero-order chi connectivity index (χ0) is 14.4. The third kappa shape index (κ3) is 3.92. The molecule has 0 aliphatic heterocycles. The summed E-state index contributed by atoms with van der Waals surface area (Å²) in [7, 11) is 0. The molecule has 0 spiro atoms. The number of nitrogens with zero attached hydrogens (tertiary/aromatic N) is 2. The third-order valence-corrected chi connectivity index (χ3v) is 4.07. The second kappa shape index (κ2) is 7.22. The molecule has 2 unspecified atom stereocenters. The molecular weight excluding hydrogens is 252 g/mol. The average molecular weight is 276 g/mol. The van der Waals surface area contributed by atoms with Gasteiger partial charge in [0.2, 0.25) is 0 Å². The summed E-state index contributed by atoms with van der Waals surface area (Å²) >= 11 is 0. The van der Waals surface area contributed by atoms with Crippen LogP contribution in [0.3, 0.4) is 0 Å². The molecule has 1 amide bonds. The quantitative estimate of drug-likeness (QED) is 0.867. The third-order valence-electron chi connectivity index (χ3n) is 4.07. The number of hydrogen-bond donors (Lipinski definition) is 2. The summed E-state index contributed by atoms with van der Waals surface area (Å²) in [6.45, 7) is 5.75. The summed E-state index contributed by atoms with van der Waals surface area (Å²) in [6, 6.07) is 3.54. The van der Waals surface area contributed by atoms with Gasteiger partial charge in [-0.05, 0) is 37.3 Å². The van der Waals surface area contributed by atoms with E-state index in [-0.39, 0.29) is 5.91 Å². The van der Waals surface area contributed by atoms with Crippen LogP contribution < -0.4 is 10.6 Å². The lowest BCUT2D eigenvalue weighted by molar-refractivity contribution is 0.0950. The number of rotatable bonds is 5. The van der Waals surface area contributed by atoms with Gasteiger partial charge in [-0.15, -0.1) is 10.2 Å². The van der Waals surface area contributed by atoms with Crippen LogP contribution in [-0.4, -0.2) is 29.2 Å². The fourth-order valence-corrected chi connectivity index (χ4v) is 2.73. The Kier molecular flexibility index (Phi) is 5.32. The van der Waals surface area contributed by atoms with Gasteiger partial charge in [0, 0.05) is 13.1 Å². The first-order chi connectivity index (χ1) is 9.70. The Morgan fingerprint density at radius 3 is 2.75 bits per heavy atom. The second-order valence-corrected chi connectivity index (χ2v) is 5.57. The summed E-state index contributed by atoms with van der Waals surface area (Å²) < 4.78 is 0. The summed E-state index contributed by atoms with van der Waals surface area (Å²) in [5, 5.41) is 14.1. The molecule has 1 fully saturated rings. The predicted octanol–water partition coefficient (Wildman–Crippen LogP) is 2.46. The zero-order valence-electron chi connectivity index (χ0n) is 12.4. The van der Waals surface area contributed by atoms with Gasteiger partial charge in [0.05, 0.1) is 0 Å². The van der Waals surface area contributed by atoms with Gasteiger partial charge in [0.15, 0.2) is 5.69 Å². The summed E-state index contributed by atoms with van der Waals surface area (Å²) in [6.07, 6.45) is 5.31. The van der Waals surface area contributed by atoms with E-state index in [1.807, 2.05) is 13.0 Å². The predicted molar refractivity (Wildman–Crippen MR) is 79.7 cm³/mol. The number of aromatic nitrogens is 2. The molecule has 1 saturated carbocycles. The molecule has 2 rings (SSSR count). The van der Waals surface area contributed by atoms with E-state index in [1.165, 1.54) is 25.7 Å². The number of hydrogen-bond acceptors (Lipinski definition) is 4. The van der Waals surface area contributed by atoms with Crippen molar-refractivity contribution in [3.05, 3.63) is 17.8 Å². The van der Waals surface area contributed by atoms with Crippen molar-refractivity contribution in [3.63, 3.8) is 0 Å². The molecule has 5 heteroatoms. The number of amides is 1. The van der Waals surface area contributed by atoms with Crippen LogP contribution in [0.25, 0.3) is 0 Å². The molecule has 0 aromatic carbocycles. The lowest BCUT2D eigenvalue weighted by Gasteiger charge is -2.28. The first-order valence-corrected chi connectivity index (χ1v) is 7.56. The summed E-state index contributed by atoms with van der Waals surface area (Å²) in [5.74, 6) is 2.07. The number of carbonyl (C=O) groups is 1. The molecule has 1 aromatic rings. The van der Waals surface area contributed by atoms with Crippen LogP contribution >= 0.6 is 0 Å². The highest BCUT2D eigenvalue weighted by molar-refractivity contribution is 5.92. The van der Waals surface area contributed by atoms with E-state index in [4.69, 9.17) is 0 Å². The van der Waals surface area contributed by atoms with E-state index in [2.05, 4.69) is 27.8 Å². The van der Waals surface area contributed by atoms with Crippen molar-refractivity contribution >= 4 is 11.7 Å². The van der Waals surface area contributed by atoms with E-state index < -0.39 is 0 Å². The Balaban J connectivity index is 1.85. The van der Waals surface area contributed by atoms with Crippen molar-refractivity contribution in [2.24, 2.45) is 11.8 Å². The Morgan fingerprint density at radius 2 is 2.10 bits per heavy atom. The van der Waals surface area contributed by atoms with Crippen LogP contribution in [0.1, 0.15) is 50.0 Å².